The highest BCUT2D eigenvalue weighted by atomic mass is 16.4. The van der Waals surface area contributed by atoms with Crippen molar-refractivity contribution in [2.45, 2.75) is 6.54 Å². The first-order valence-corrected chi connectivity index (χ1v) is 4.84. The van der Waals surface area contributed by atoms with Crippen LogP contribution in [0.3, 0.4) is 0 Å². The van der Waals surface area contributed by atoms with Crippen LogP contribution < -0.4 is 0 Å². The molecule has 1 N–H and O–H groups in total. The van der Waals surface area contributed by atoms with Crippen LogP contribution in [0.15, 0.2) is 35.3 Å². The van der Waals surface area contributed by atoms with Crippen LogP contribution in [-0.2, 0) is 11.3 Å². The number of rotatable bonds is 3. The molecule has 0 saturated carbocycles. The number of nitrogens with zero attached hydrogens (tertiary/aromatic N) is 2. The smallest absolute Gasteiger partial charge is 0.371 e. The van der Waals surface area contributed by atoms with Crippen molar-refractivity contribution in [1.82, 2.24) is 4.90 Å². The number of hydrogen-bond acceptors (Lipinski definition) is 3. The Hall–Kier alpha value is -1.84. The maximum Gasteiger partial charge on any atom is 0.371 e. The fourth-order valence-electron chi connectivity index (χ4n) is 1.64. The molecule has 0 bridgehead atoms. The first-order chi connectivity index (χ1) is 7.27. The Kier molecular flexibility index (Phi) is 2.67. The quantitative estimate of drug-likeness (QED) is 0.798. The second-order valence-electron chi connectivity index (χ2n) is 3.42. The molecular weight excluding hydrogens is 192 g/mol. The molecule has 2 rings (SSSR count). The van der Waals surface area contributed by atoms with Gasteiger partial charge in [-0.3, -0.25) is 4.99 Å². The van der Waals surface area contributed by atoms with Crippen molar-refractivity contribution in [3.05, 3.63) is 35.9 Å². The van der Waals surface area contributed by atoms with Gasteiger partial charge in [-0.25, -0.2) is 4.79 Å². The molecule has 0 radical (unpaired) electrons. The van der Waals surface area contributed by atoms with Gasteiger partial charge < -0.3 is 10.0 Å². The zero-order valence-corrected chi connectivity index (χ0v) is 8.26. The van der Waals surface area contributed by atoms with E-state index in [4.69, 9.17) is 5.11 Å². The second-order valence-corrected chi connectivity index (χ2v) is 3.42. The summed E-state index contributed by atoms with van der Waals surface area (Å²) in [7, 11) is 0. The predicted octanol–water partition coefficient (Wildman–Crippen LogP) is 0.985. The van der Waals surface area contributed by atoms with Gasteiger partial charge in [0.1, 0.15) is 0 Å². The molecule has 0 saturated heterocycles. The Morgan fingerprint density at radius 3 is 2.80 bits per heavy atom. The molecule has 0 aliphatic carbocycles. The van der Waals surface area contributed by atoms with Crippen LogP contribution in [-0.4, -0.2) is 34.9 Å². The Labute approximate surface area is 87.9 Å². The van der Waals surface area contributed by atoms with Gasteiger partial charge in [0.2, 0.25) is 5.84 Å². The Bertz CT molecular complexity index is 387. The molecule has 0 unspecified atom stereocenters. The van der Waals surface area contributed by atoms with Crippen LogP contribution in [0.5, 0.6) is 0 Å². The van der Waals surface area contributed by atoms with Gasteiger partial charge in [-0.05, 0) is 5.56 Å². The van der Waals surface area contributed by atoms with Gasteiger partial charge in [-0.15, -0.1) is 0 Å². The maximum atomic E-state index is 10.8. The largest absolute Gasteiger partial charge is 0.475 e. The summed E-state index contributed by atoms with van der Waals surface area (Å²) in [6, 6.07) is 9.81. The van der Waals surface area contributed by atoms with Crippen LogP contribution in [0.4, 0.5) is 0 Å². The number of amidine groups is 1. The summed E-state index contributed by atoms with van der Waals surface area (Å²) in [5.74, 6) is -0.762. The zero-order valence-electron chi connectivity index (χ0n) is 8.26. The zero-order chi connectivity index (χ0) is 10.7. The number of benzene rings is 1. The highest BCUT2D eigenvalue weighted by Gasteiger charge is 2.22. The van der Waals surface area contributed by atoms with E-state index in [9.17, 15) is 4.79 Å². The first-order valence-electron chi connectivity index (χ1n) is 4.84. The minimum Gasteiger partial charge on any atom is -0.475 e. The summed E-state index contributed by atoms with van der Waals surface area (Å²) in [5, 5.41) is 8.89. The lowest BCUT2D eigenvalue weighted by molar-refractivity contribution is -0.130. The summed E-state index contributed by atoms with van der Waals surface area (Å²) in [5.41, 5.74) is 1.10. The standard InChI is InChI=1S/C11H12N2O2/c14-11(15)10-12-6-7-13(10)8-9-4-2-1-3-5-9/h1-5H,6-8H2,(H,14,15). The van der Waals surface area contributed by atoms with Crippen molar-refractivity contribution in [2.24, 2.45) is 4.99 Å². The molecule has 1 aliphatic rings. The van der Waals surface area contributed by atoms with Crippen molar-refractivity contribution in [2.75, 3.05) is 13.1 Å². The average molecular weight is 204 g/mol. The summed E-state index contributed by atoms with van der Waals surface area (Å²) < 4.78 is 0. The molecule has 15 heavy (non-hydrogen) atoms. The van der Waals surface area contributed by atoms with Crippen LogP contribution in [0.2, 0.25) is 0 Å². The van der Waals surface area contributed by atoms with Crippen molar-refractivity contribution in [3.8, 4) is 0 Å². The molecule has 4 heteroatoms. The third-order valence-corrected chi connectivity index (χ3v) is 2.34. The highest BCUT2D eigenvalue weighted by molar-refractivity contribution is 6.34. The van der Waals surface area contributed by atoms with Crippen molar-refractivity contribution in [1.29, 1.82) is 0 Å². The molecule has 0 fully saturated rings. The number of carboxylic acid groups (broad SMARTS) is 1. The van der Waals surface area contributed by atoms with E-state index in [-0.39, 0.29) is 5.84 Å². The van der Waals surface area contributed by atoms with E-state index in [1.54, 1.807) is 4.90 Å². The minimum absolute atomic E-state index is 0.179. The van der Waals surface area contributed by atoms with E-state index >= 15 is 0 Å². The molecule has 0 spiro atoms. The van der Waals surface area contributed by atoms with Crippen LogP contribution in [0.1, 0.15) is 5.56 Å². The normalized spacial score (nSPS) is 15.2. The number of hydrogen-bond donors (Lipinski definition) is 1. The lowest BCUT2D eigenvalue weighted by Crippen LogP contribution is -2.32. The number of carboxylic acids is 1. The van der Waals surface area contributed by atoms with Crippen LogP contribution in [0, 0.1) is 0 Å². The summed E-state index contributed by atoms with van der Waals surface area (Å²) in [6.45, 7) is 1.89. The third-order valence-electron chi connectivity index (χ3n) is 2.34. The predicted molar refractivity (Wildman–Crippen MR) is 56.8 cm³/mol. The Morgan fingerprint density at radius 1 is 1.40 bits per heavy atom. The first kappa shape index (κ1) is 9.71. The molecule has 1 heterocycles. The Balaban J connectivity index is 2.08. The number of carbonyl (C=O) groups is 1. The van der Waals surface area contributed by atoms with Gasteiger partial charge in [0.15, 0.2) is 0 Å². The summed E-state index contributed by atoms with van der Waals surface area (Å²) in [4.78, 5) is 16.6. The molecule has 78 valence electrons. The van der Waals surface area contributed by atoms with Crippen molar-refractivity contribution in [3.63, 3.8) is 0 Å². The fourth-order valence-corrected chi connectivity index (χ4v) is 1.64. The molecular formula is C11H12N2O2. The van der Waals surface area contributed by atoms with E-state index < -0.39 is 5.97 Å². The second kappa shape index (κ2) is 4.13. The lowest BCUT2D eigenvalue weighted by Gasteiger charge is -2.17. The van der Waals surface area contributed by atoms with Crippen LogP contribution in [0.25, 0.3) is 0 Å². The third kappa shape index (κ3) is 2.15. The van der Waals surface area contributed by atoms with Gasteiger partial charge in [-0.1, -0.05) is 30.3 Å². The van der Waals surface area contributed by atoms with Gasteiger partial charge >= 0.3 is 5.97 Å². The monoisotopic (exact) mass is 204 g/mol. The van der Waals surface area contributed by atoms with Crippen molar-refractivity contribution < 1.29 is 9.90 Å². The molecule has 4 nitrogen and oxygen atoms in total. The molecule has 0 atom stereocenters. The summed E-state index contributed by atoms with van der Waals surface area (Å²) >= 11 is 0. The highest BCUT2D eigenvalue weighted by Crippen LogP contribution is 2.09. The topological polar surface area (TPSA) is 52.9 Å². The van der Waals surface area contributed by atoms with Crippen LogP contribution >= 0.6 is 0 Å². The molecule has 0 amide bonds. The van der Waals surface area contributed by atoms with Gasteiger partial charge in [0.25, 0.3) is 0 Å². The molecule has 1 aromatic rings. The summed E-state index contributed by atoms with van der Waals surface area (Å²) in [6.07, 6.45) is 0. The Morgan fingerprint density at radius 2 is 2.13 bits per heavy atom. The number of aliphatic imine (C=N–C) groups is 1. The molecule has 1 aromatic carbocycles. The van der Waals surface area contributed by atoms with E-state index in [1.165, 1.54) is 0 Å². The van der Waals surface area contributed by atoms with E-state index in [0.29, 0.717) is 19.6 Å². The number of aliphatic carboxylic acids is 1. The van der Waals surface area contributed by atoms with Crippen molar-refractivity contribution >= 4 is 11.8 Å². The minimum atomic E-state index is -0.941. The van der Waals surface area contributed by atoms with Gasteiger partial charge in [-0.2, -0.15) is 0 Å². The van der Waals surface area contributed by atoms with Gasteiger partial charge in [0, 0.05) is 13.1 Å². The van der Waals surface area contributed by atoms with E-state index in [1.807, 2.05) is 30.3 Å². The maximum absolute atomic E-state index is 10.8. The SMILES string of the molecule is O=C(O)C1=NCCN1Cc1ccccc1. The molecule has 0 aromatic heterocycles. The molecule has 1 aliphatic heterocycles. The van der Waals surface area contributed by atoms with Gasteiger partial charge in [0.05, 0.1) is 6.54 Å². The lowest BCUT2D eigenvalue weighted by atomic mass is 10.2. The van der Waals surface area contributed by atoms with E-state index in [0.717, 1.165) is 5.56 Å². The van der Waals surface area contributed by atoms with E-state index in [2.05, 4.69) is 4.99 Å². The fraction of sp³-hybridized carbons (Fsp3) is 0.273. The average Bonchev–Trinajstić information content (AvgIpc) is 2.67.